The van der Waals surface area contributed by atoms with Crippen molar-refractivity contribution in [3.05, 3.63) is 0 Å². The largest absolute Gasteiger partial charge is 0.384 e. The maximum absolute atomic E-state index is 11.5. The van der Waals surface area contributed by atoms with Gasteiger partial charge in [0.15, 0.2) is 0 Å². The normalized spacial score (nSPS) is 18.6. The van der Waals surface area contributed by atoms with Crippen LogP contribution in [0.5, 0.6) is 0 Å². The number of likely N-dealkylation sites (N-methyl/N-ethyl adjacent to an activating group) is 1. The zero-order chi connectivity index (χ0) is 10.4. The third-order valence-electron chi connectivity index (χ3n) is 2.70. The fraction of sp³-hybridized carbons (Fsp3) is 0.900. The van der Waals surface area contributed by atoms with Crippen LogP contribution in [0.4, 0.5) is 0 Å². The Morgan fingerprint density at radius 3 is 2.64 bits per heavy atom. The van der Waals surface area contributed by atoms with Crippen LogP contribution in [-0.2, 0) is 9.53 Å². The van der Waals surface area contributed by atoms with Gasteiger partial charge in [-0.05, 0) is 25.8 Å². The molecule has 1 heterocycles. The highest BCUT2D eigenvalue weighted by Crippen LogP contribution is 2.16. The molecule has 0 aliphatic carbocycles. The number of nitrogens with one attached hydrogen (secondary N) is 1. The van der Waals surface area contributed by atoms with E-state index in [4.69, 9.17) is 4.74 Å². The molecule has 0 radical (unpaired) electrons. The van der Waals surface area contributed by atoms with E-state index in [0.29, 0.717) is 12.5 Å². The SMILES string of the molecule is CNCC(=O)N1CCC(COC)CC1. The molecular weight excluding hydrogens is 180 g/mol. The van der Waals surface area contributed by atoms with Gasteiger partial charge >= 0.3 is 0 Å². The van der Waals surface area contributed by atoms with Crippen LogP contribution in [0.15, 0.2) is 0 Å². The van der Waals surface area contributed by atoms with Gasteiger partial charge in [-0.15, -0.1) is 0 Å². The third kappa shape index (κ3) is 3.27. The molecule has 0 atom stereocenters. The van der Waals surface area contributed by atoms with E-state index < -0.39 is 0 Å². The summed E-state index contributed by atoms with van der Waals surface area (Å²) in [6, 6.07) is 0. The maximum atomic E-state index is 11.5. The Kier molecular flexibility index (Phi) is 4.90. The minimum Gasteiger partial charge on any atom is -0.384 e. The van der Waals surface area contributed by atoms with Crippen molar-refractivity contribution in [2.45, 2.75) is 12.8 Å². The number of piperidine rings is 1. The number of carbonyl (C=O) groups excluding carboxylic acids is 1. The van der Waals surface area contributed by atoms with Crippen molar-refractivity contribution in [1.82, 2.24) is 10.2 Å². The molecule has 0 saturated carbocycles. The van der Waals surface area contributed by atoms with E-state index in [1.165, 1.54) is 0 Å². The molecule has 14 heavy (non-hydrogen) atoms. The molecule has 0 spiro atoms. The summed E-state index contributed by atoms with van der Waals surface area (Å²) in [6.07, 6.45) is 2.15. The molecule has 4 heteroatoms. The second kappa shape index (κ2) is 5.98. The van der Waals surface area contributed by atoms with E-state index in [1.807, 2.05) is 4.90 Å². The molecule has 0 aromatic heterocycles. The second-order valence-corrected chi connectivity index (χ2v) is 3.81. The highest BCUT2D eigenvalue weighted by atomic mass is 16.5. The van der Waals surface area contributed by atoms with Crippen LogP contribution >= 0.6 is 0 Å². The van der Waals surface area contributed by atoms with Crippen LogP contribution in [0.25, 0.3) is 0 Å². The van der Waals surface area contributed by atoms with Gasteiger partial charge in [0, 0.05) is 26.8 Å². The van der Waals surface area contributed by atoms with Crippen LogP contribution < -0.4 is 5.32 Å². The van der Waals surface area contributed by atoms with Crippen molar-refractivity contribution in [3.8, 4) is 0 Å². The van der Waals surface area contributed by atoms with Gasteiger partial charge in [0.05, 0.1) is 6.54 Å². The van der Waals surface area contributed by atoms with Crippen LogP contribution in [0.2, 0.25) is 0 Å². The average molecular weight is 200 g/mol. The molecule has 0 aromatic carbocycles. The van der Waals surface area contributed by atoms with E-state index in [2.05, 4.69) is 5.32 Å². The Labute approximate surface area is 85.6 Å². The van der Waals surface area contributed by atoms with Crippen molar-refractivity contribution in [1.29, 1.82) is 0 Å². The minimum atomic E-state index is 0.211. The molecule has 0 aromatic rings. The molecule has 1 aliphatic heterocycles. The number of carbonyl (C=O) groups is 1. The van der Waals surface area contributed by atoms with Gasteiger partial charge in [-0.1, -0.05) is 0 Å². The number of rotatable bonds is 4. The topological polar surface area (TPSA) is 41.6 Å². The summed E-state index contributed by atoms with van der Waals surface area (Å²) >= 11 is 0. The molecule has 1 saturated heterocycles. The Morgan fingerprint density at radius 2 is 2.14 bits per heavy atom. The number of ether oxygens (including phenoxy) is 1. The van der Waals surface area contributed by atoms with E-state index in [1.54, 1.807) is 14.2 Å². The van der Waals surface area contributed by atoms with Gasteiger partial charge in [0.2, 0.25) is 5.91 Å². The first-order valence-electron chi connectivity index (χ1n) is 5.19. The molecule has 0 bridgehead atoms. The zero-order valence-corrected chi connectivity index (χ0v) is 9.08. The molecule has 0 unspecified atom stereocenters. The van der Waals surface area contributed by atoms with E-state index in [9.17, 15) is 4.79 Å². The van der Waals surface area contributed by atoms with Crippen molar-refractivity contribution < 1.29 is 9.53 Å². The van der Waals surface area contributed by atoms with Crippen LogP contribution in [-0.4, -0.2) is 51.2 Å². The first kappa shape index (κ1) is 11.5. The lowest BCUT2D eigenvalue weighted by Crippen LogP contribution is -2.42. The van der Waals surface area contributed by atoms with Crippen LogP contribution in [0.1, 0.15) is 12.8 Å². The van der Waals surface area contributed by atoms with Gasteiger partial charge in [0.1, 0.15) is 0 Å². The predicted octanol–water partition coefficient (Wildman–Crippen LogP) is 0.0908. The molecule has 1 rings (SSSR count). The van der Waals surface area contributed by atoms with Gasteiger partial charge in [0.25, 0.3) is 0 Å². The first-order valence-corrected chi connectivity index (χ1v) is 5.19. The monoisotopic (exact) mass is 200 g/mol. The summed E-state index contributed by atoms with van der Waals surface area (Å²) < 4.78 is 5.11. The molecule has 1 aliphatic rings. The van der Waals surface area contributed by atoms with Gasteiger partial charge < -0.3 is 15.0 Å². The van der Waals surface area contributed by atoms with Crippen molar-refractivity contribution >= 4 is 5.91 Å². The summed E-state index contributed by atoms with van der Waals surface area (Å²) in [4.78, 5) is 13.4. The summed E-state index contributed by atoms with van der Waals surface area (Å²) in [6.45, 7) is 3.05. The Balaban J connectivity index is 2.24. The summed E-state index contributed by atoms with van der Waals surface area (Å²) in [5.74, 6) is 0.849. The van der Waals surface area contributed by atoms with Crippen LogP contribution in [0, 0.1) is 5.92 Å². The molecule has 1 N–H and O–H groups in total. The first-order chi connectivity index (χ1) is 6.77. The molecule has 1 amide bonds. The number of hydrogen-bond acceptors (Lipinski definition) is 3. The predicted molar refractivity (Wildman–Crippen MR) is 55.1 cm³/mol. The minimum absolute atomic E-state index is 0.211. The number of likely N-dealkylation sites (tertiary alicyclic amines) is 1. The van der Waals surface area contributed by atoms with Gasteiger partial charge in [-0.3, -0.25) is 4.79 Å². The van der Waals surface area contributed by atoms with Crippen molar-refractivity contribution in [3.63, 3.8) is 0 Å². The maximum Gasteiger partial charge on any atom is 0.236 e. The van der Waals surface area contributed by atoms with E-state index >= 15 is 0 Å². The van der Waals surface area contributed by atoms with Crippen LogP contribution in [0.3, 0.4) is 0 Å². The Hall–Kier alpha value is -0.610. The lowest BCUT2D eigenvalue weighted by Gasteiger charge is -2.31. The Morgan fingerprint density at radius 1 is 1.50 bits per heavy atom. The number of nitrogens with zero attached hydrogens (tertiary/aromatic N) is 1. The van der Waals surface area contributed by atoms with Crippen molar-refractivity contribution in [2.75, 3.05) is 40.4 Å². The standard InChI is InChI=1S/C10H20N2O2/c1-11-7-10(13)12-5-3-9(4-6-12)8-14-2/h9,11H,3-8H2,1-2H3. The number of hydrogen-bond donors (Lipinski definition) is 1. The molecule has 1 fully saturated rings. The van der Waals surface area contributed by atoms with Crippen molar-refractivity contribution in [2.24, 2.45) is 5.92 Å². The quantitative estimate of drug-likeness (QED) is 0.699. The highest BCUT2D eigenvalue weighted by Gasteiger charge is 2.21. The zero-order valence-electron chi connectivity index (χ0n) is 9.08. The highest BCUT2D eigenvalue weighted by molar-refractivity contribution is 5.78. The molecule has 82 valence electrons. The lowest BCUT2D eigenvalue weighted by molar-refractivity contribution is -0.131. The summed E-state index contributed by atoms with van der Waals surface area (Å²) in [5, 5.41) is 2.89. The summed E-state index contributed by atoms with van der Waals surface area (Å²) in [5.41, 5.74) is 0. The number of methoxy groups -OCH3 is 1. The lowest BCUT2D eigenvalue weighted by atomic mass is 9.98. The fourth-order valence-corrected chi connectivity index (χ4v) is 1.85. The van der Waals surface area contributed by atoms with E-state index in [0.717, 1.165) is 32.5 Å². The number of amides is 1. The average Bonchev–Trinajstić information content (AvgIpc) is 2.20. The van der Waals surface area contributed by atoms with E-state index in [-0.39, 0.29) is 5.91 Å². The second-order valence-electron chi connectivity index (χ2n) is 3.81. The third-order valence-corrected chi connectivity index (χ3v) is 2.70. The smallest absolute Gasteiger partial charge is 0.236 e. The van der Waals surface area contributed by atoms with Gasteiger partial charge in [-0.25, -0.2) is 0 Å². The fourth-order valence-electron chi connectivity index (χ4n) is 1.85. The Bertz CT molecular complexity index is 177. The van der Waals surface area contributed by atoms with Gasteiger partial charge in [-0.2, -0.15) is 0 Å². The summed E-state index contributed by atoms with van der Waals surface area (Å²) in [7, 11) is 3.54. The molecular formula is C10H20N2O2. The molecule has 4 nitrogen and oxygen atoms in total.